The predicted molar refractivity (Wildman–Crippen MR) is 167 cm³/mol. The fraction of sp³-hybridized carbons (Fsp3) is 0.278. The average Bonchev–Trinajstić information content (AvgIpc) is 2.92. The van der Waals surface area contributed by atoms with Gasteiger partial charge in [-0.15, -0.1) is 0 Å². The van der Waals surface area contributed by atoms with Gasteiger partial charge in [0.2, 0.25) is 0 Å². The summed E-state index contributed by atoms with van der Waals surface area (Å²) in [6, 6.07) is 28.9. The van der Waals surface area contributed by atoms with Crippen molar-refractivity contribution in [1.29, 1.82) is 0 Å². The van der Waals surface area contributed by atoms with E-state index in [1.807, 2.05) is 24.3 Å². The highest BCUT2D eigenvalue weighted by molar-refractivity contribution is 5.99. The van der Waals surface area contributed by atoms with Crippen LogP contribution in [0.15, 0.2) is 84.9 Å². The molecular formula is C36H38N2O2. The third-order valence-electron chi connectivity index (χ3n) is 9.10. The van der Waals surface area contributed by atoms with Gasteiger partial charge in [-0.1, -0.05) is 72.8 Å². The van der Waals surface area contributed by atoms with Gasteiger partial charge >= 0.3 is 0 Å². The lowest BCUT2D eigenvalue weighted by Crippen LogP contribution is -2.52. The molecule has 0 saturated heterocycles. The van der Waals surface area contributed by atoms with Crippen molar-refractivity contribution in [2.75, 3.05) is 11.1 Å². The van der Waals surface area contributed by atoms with Gasteiger partial charge in [-0.25, -0.2) is 0 Å². The molecule has 6 rings (SSSR count). The summed E-state index contributed by atoms with van der Waals surface area (Å²) in [7, 11) is 0. The maximum Gasteiger partial charge on any atom is 0.0728 e. The maximum absolute atomic E-state index is 11.7. The van der Waals surface area contributed by atoms with Crippen LogP contribution in [-0.4, -0.2) is 22.4 Å². The Labute approximate surface area is 236 Å². The van der Waals surface area contributed by atoms with Gasteiger partial charge in [-0.2, -0.15) is 0 Å². The van der Waals surface area contributed by atoms with Crippen LogP contribution in [-0.2, 0) is 5.54 Å². The van der Waals surface area contributed by atoms with Gasteiger partial charge < -0.3 is 21.3 Å². The second kappa shape index (κ2) is 9.65. The van der Waals surface area contributed by atoms with Gasteiger partial charge in [-0.05, 0) is 96.3 Å². The highest BCUT2D eigenvalue weighted by Crippen LogP contribution is 2.52. The summed E-state index contributed by atoms with van der Waals surface area (Å²) < 4.78 is 0. The fourth-order valence-electron chi connectivity index (χ4n) is 6.87. The number of aliphatic hydroxyl groups is 2. The summed E-state index contributed by atoms with van der Waals surface area (Å²) in [6.07, 6.45) is -1.42. The Morgan fingerprint density at radius 3 is 1.80 bits per heavy atom. The maximum atomic E-state index is 11.7. The number of nitrogens with two attached hydrogens (primary N) is 1. The van der Waals surface area contributed by atoms with Crippen molar-refractivity contribution >= 4 is 32.9 Å². The van der Waals surface area contributed by atoms with Crippen molar-refractivity contribution in [2.24, 2.45) is 0 Å². The average molecular weight is 531 g/mol. The van der Waals surface area contributed by atoms with E-state index in [1.54, 1.807) is 0 Å². The molecule has 5 aromatic carbocycles. The minimum absolute atomic E-state index is 0.348. The summed E-state index contributed by atoms with van der Waals surface area (Å²) in [5.74, 6) is -0.759. The Morgan fingerprint density at radius 1 is 0.650 bits per heavy atom. The fourth-order valence-corrected chi connectivity index (χ4v) is 6.87. The molecule has 1 aliphatic rings. The van der Waals surface area contributed by atoms with Crippen LogP contribution in [0.5, 0.6) is 0 Å². The highest BCUT2D eigenvalue weighted by atomic mass is 16.3. The smallest absolute Gasteiger partial charge is 0.0728 e. The van der Waals surface area contributed by atoms with Crippen LogP contribution >= 0.6 is 0 Å². The lowest BCUT2D eigenvalue weighted by molar-refractivity contribution is -0.0784. The summed E-state index contributed by atoms with van der Waals surface area (Å²) >= 11 is 0. The number of hydrogen-bond donors (Lipinski definition) is 4. The lowest BCUT2D eigenvalue weighted by atomic mass is 9.62. The standard InChI is InChI=1S/C36H38N2O2/c1-20-8-6-10-23-12-18-27(22(3)29(20)23)31-34(39)32(35(31)40)28-19-13-24-11-7-9-21(2)30(24)33(28)38-36(4,5)25-14-16-26(37)17-15-25/h6-19,31-32,34-35,38-40H,37H2,1-5H3. The van der Waals surface area contributed by atoms with Crippen molar-refractivity contribution in [2.45, 2.75) is 64.2 Å². The number of rotatable bonds is 5. The quantitative estimate of drug-likeness (QED) is 0.178. The molecular weight excluding hydrogens is 492 g/mol. The summed E-state index contributed by atoms with van der Waals surface area (Å²) in [4.78, 5) is 0. The summed E-state index contributed by atoms with van der Waals surface area (Å²) in [5.41, 5.74) is 13.8. The number of fused-ring (bicyclic) bond motifs is 2. The van der Waals surface area contributed by atoms with Gasteiger partial charge in [0.15, 0.2) is 0 Å². The zero-order chi connectivity index (χ0) is 28.3. The van der Waals surface area contributed by atoms with E-state index in [4.69, 9.17) is 5.73 Å². The predicted octanol–water partition coefficient (Wildman–Crippen LogP) is 7.45. The number of aliphatic hydroxyl groups excluding tert-OH is 2. The second-order valence-electron chi connectivity index (χ2n) is 12.1. The van der Waals surface area contributed by atoms with Crippen molar-refractivity contribution in [3.8, 4) is 0 Å². The van der Waals surface area contributed by atoms with Gasteiger partial charge in [0, 0.05) is 28.6 Å². The molecule has 4 heteroatoms. The molecule has 0 amide bonds. The van der Waals surface area contributed by atoms with Crippen LogP contribution in [0.25, 0.3) is 21.5 Å². The number of anilines is 2. The lowest BCUT2D eigenvalue weighted by Gasteiger charge is -2.48. The van der Waals surface area contributed by atoms with E-state index in [1.165, 1.54) is 16.3 Å². The van der Waals surface area contributed by atoms with Crippen molar-refractivity contribution in [3.63, 3.8) is 0 Å². The van der Waals surface area contributed by atoms with Crippen LogP contribution in [0.4, 0.5) is 11.4 Å². The number of aryl methyl sites for hydroxylation is 3. The number of benzene rings is 5. The molecule has 2 atom stereocenters. The van der Waals surface area contributed by atoms with E-state index in [0.717, 1.165) is 50.0 Å². The molecule has 0 aliphatic heterocycles. The van der Waals surface area contributed by atoms with Crippen molar-refractivity contribution < 1.29 is 10.2 Å². The van der Waals surface area contributed by atoms with Crippen LogP contribution in [0.2, 0.25) is 0 Å². The molecule has 5 aromatic rings. The first-order chi connectivity index (χ1) is 19.1. The van der Waals surface area contributed by atoms with Crippen LogP contribution in [0, 0.1) is 20.8 Å². The number of nitrogen functional groups attached to an aromatic ring is 1. The first-order valence-electron chi connectivity index (χ1n) is 14.1. The Bertz CT molecular complexity index is 1730. The zero-order valence-electron chi connectivity index (χ0n) is 23.9. The molecule has 1 fully saturated rings. The summed E-state index contributed by atoms with van der Waals surface area (Å²) in [5, 5.41) is 31.9. The first kappa shape index (κ1) is 26.4. The zero-order valence-corrected chi connectivity index (χ0v) is 23.9. The van der Waals surface area contributed by atoms with Crippen molar-refractivity contribution in [3.05, 3.63) is 118 Å². The van der Waals surface area contributed by atoms with Crippen molar-refractivity contribution in [1.82, 2.24) is 0 Å². The van der Waals surface area contributed by atoms with E-state index in [2.05, 4.69) is 101 Å². The van der Waals surface area contributed by atoms with E-state index in [0.29, 0.717) is 0 Å². The SMILES string of the molecule is Cc1cccc2ccc(C3C(O)C(c4ccc5cccc(C)c5c4NC(C)(C)c4ccc(N)cc4)C3O)c(C)c12. The second-order valence-corrected chi connectivity index (χ2v) is 12.1. The molecule has 0 spiro atoms. The monoisotopic (exact) mass is 530 g/mol. The summed E-state index contributed by atoms with van der Waals surface area (Å²) in [6.45, 7) is 10.6. The molecule has 0 radical (unpaired) electrons. The Kier molecular flexibility index (Phi) is 6.36. The normalized spacial score (nSPS) is 21.0. The Morgan fingerprint density at radius 2 is 1.18 bits per heavy atom. The molecule has 1 aliphatic carbocycles. The van der Waals surface area contributed by atoms with Gasteiger partial charge in [0.25, 0.3) is 0 Å². The molecule has 1 saturated carbocycles. The highest BCUT2D eigenvalue weighted by Gasteiger charge is 2.52. The van der Waals surface area contributed by atoms with E-state index < -0.39 is 23.7 Å². The van der Waals surface area contributed by atoms with Gasteiger partial charge in [0.1, 0.15) is 0 Å². The molecule has 2 unspecified atom stereocenters. The minimum atomic E-state index is -0.711. The van der Waals surface area contributed by atoms with Crippen LogP contribution in [0.1, 0.15) is 59.1 Å². The molecule has 0 heterocycles. The molecule has 40 heavy (non-hydrogen) atoms. The van der Waals surface area contributed by atoms with Gasteiger partial charge in [-0.3, -0.25) is 0 Å². The Balaban J connectivity index is 1.44. The molecule has 5 N–H and O–H groups in total. The molecule has 4 nitrogen and oxygen atoms in total. The van der Waals surface area contributed by atoms with Crippen LogP contribution < -0.4 is 11.1 Å². The Hall–Kier alpha value is -3.86. The number of nitrogens with one attached hydrogen (secondary N) is 1. The van der Waals surface area contributed by atoms with E-state index >= 15 is 0 Å². The van der Waals surface area contributed by atoms with E-state index in [9.17, 15) is 10.2 Å². The minimum Gasteiger partial charge on any atom is -0.399 e. The largest absolute Gasteiger partial charge is 0.399 e. The first-order valence-corrected chi connectivity index (χ1v) is 14.1. The molecule has 204 valence electrons. The van der Waals surface area contributed by atoms with Crippen LogP contribution in [0.3, 0.4) is 0 Å². The topological polar surface area (TPSA) is 78.5 Å². The van der Waals surface area contributed by atoms with E-state index in [-0.39, 0.29) is 5.92 Å². The molecule has 0 aromatic heterocycles. The van der Waals surface area contributed by atoms with Gasteiger partial charge in [0.05, 0.1) is 17.7 Å². The third kappa shape index (κ3) is 4.14. The third-order valence-corrected chi connectivity index (χ3v) is 9.10. The molecule has 0 bridgehead atoms. The number of hydrogen-bond acceptors (Lipinski definition) is 4.